The summed E-state index contributed by atoms with van der Waals surface area (Å²) in [6.45, 7) is 0. The van der Waals surface area contributed by atoms with E-state index in [0.717, 1.165) is 94.2 Å². The lowest BCUT2D eigenvalue weighted by atomic mass is 9.92. The monoisotopic (exact) mass is 640 g/mol. The lowest BCUT2D eigenvalue weighted by molar-refractivity contribution is 0.669. The van der Waals surface area contributed by atoms with Gasteiger partial charge in [-0.1, -0.05) is 121 Å². The summed E-state index contributed by atoms with van der Waals surface area (Å²) in [7, 11) is 0. The van der Waals surface area contributed by atoms with Gasteiger partial charge in [-0.05, 0) is 70.8 Å². The second-order valence-electron chi connectivity index (χ2n) is 12.5. The minimum Gasteiger partial charge on any atom is -0.456 e. The van der Waals surface area contributed by atoms with Gasteiger partial charge in [0.05, 0.1) is 11.4 Å². The standard InChI is InChI=1S/C46H28N2O2/c1-3-12-29(13-4-1)31-22-24-33(38(26-31)30-14-5-2-6-15-30)40-28-41(37-19-11-18-36-34-16-7-10-21-43(34)50-45(36)37)48-46(47-40)32-23-25-44-39(27-32)35-17-8-9-20-42(35)49-44/h1-28H. The van der Waals surface area contributed by atoms with E-state index in [4.69, 9.17) is 18.8 Å². The van der Waals surface area contributed by atoms with Crippen LogP contribution >= 0.6 is 0 Å². The third kappa shape index (κ3) is 4.69. The molecule has 0 saturated heterocycles. The van der Waals surface area contributed by atoms with E-state index in [-0.39, 0.29) is 0 Å². The molecule has 3 heterocycles. The molecule has 0 fully saturated rings. The lowest BCUT2D eigenvalue weighted by Crippen LogP contribution is -1.97. The number of nitrogens with zero attached hydrogens (tertiary/aromatic N) is 2. The zero-order valence-corrected chi connectivity index (χ0v) is 26.9. The molecule has 0 saturated carbocycles. The molecule has 4 nitrogen and oxygen atoms in total. The Morgan fingerprint density at radius 3 is 1.70 bits per heavy atom. The van der Waals surface area contributed by atoms with Gasteiger partial charge in [-0.3, -0.25) is 0 Å². The van der Waals surface area contributed by atoms with Crippen molar-refractivity contribution in [3.8, 4) is 56.2 Å². The molecule has 7 aromatic carbocycles. The van der Waals surface area contributed by atoms with Crippen LogP contribution in [0.5, 0.6) is 0 Å². The van der Waals surface area contributed by atoms with Crippen molar-refractivity contribution in [2.75, 3.05) is 0 Å². The van der Waals surface area contributed by atoms with E-state index < -0.39 is 0 Å². The Morgan fingerprint density at radius 2 is 0.920 bits per heavy atom. The van der Waals surface area contributed by atoms with Gasteiger partial charge in [-0.2, -0.15) is 0 Å². The summed E-state index contributed by atoms with van der Waals surface area (Å²) in [5, 5.41) is 4.24. The van der Waals surface area contributed by atoms with Crippen molar-refractivity contribution >= 4 is 43.9 Å². The maximum Gasteiger partial charge on any atom is 0.160 e. The van der Waals surface area contributed by atoms with Crippen LogP contribution in [0.1, 0.15) is 0 Å². The maximum atomic E-state index is 6.51. The predicted molar refractivity (Wildman–Crippen MR) is 204 cm³/mol. The normalized spacial score (nSPS) is 11.6. The van der Waals surface area contributed by atoms with E-state index in [1.54, 1.807) is 0 Å². The van der Waals surface area contributed by atoms with Crippen molar-refractivity contribution in [3.05, 3.63) is 170 Å². The summed E-state index contributed by atoms with van der Waals surface area (Å²) >= 11 is 0. The number of para-hydroxylation sites is 3. The van der Waals surface area contributed by atoms with E-state index in [9.17, 15) is 0 Å². The molecule has 0 atom stereocenters. The van der Waals surface area contributed by atoms with Crippen molar-refractivity contribution in [1.29, 1.82) is 0 Å². The summed E-state index contributed by atoms with van der Waals surface area (Å²) in [4.78, 5) is 10.6. The number of fused-ring (bicyclic) bond motifs is 6. The molecule has 0 N–H and O–H groups in total. The van der Waals surface area contributed by atoms with Gasteiger partial charge in [0.2, 0.25) is 0 Å². The van der Waals surface area contributed by atoms with Crippen LogP contribution in [0.3, 0.4) is 0 Å². The number of rotatable bonds is 5. The van der Waals surface area contributed by atoms with Crippen LogP contribution in [0, 0.1) is 0 Å². The molecule has 4 heteroatoms. The van der Waals surface area contributed by atoms with E-state index in [1.165, 1.54) is 0 Å². The molecule has 0 radical (unpaired) electrons. The molecule has 10 rings (SSSR count). The van der Waals surface area contributed by atoms with Crippen molar-refractivity contribution in [2.24, 2.45) is 0 Å². The zero-order valence-electron chi connectivity index (χ0n) is 26.9. The molecule has 50 heavy (non-hydrogen) atoms. The molecule has 234 valence electrons. The van der Waals surface area contributed by atoms with Crippen LogP contribution < -0.4 is 0 Å². The molecule has 0 aliphatic rings. The first-order valence-corrected chi connectivity index (χ1v) is 16.7. The molecule has 0 bridgehead atoms. The zero-order chi connectivity index (χ0) is 33.0. The summed E-state index contributed by atoms with van der Waals surface area (Å²) in [5.41, 5.74) is 12.3. The average molecular weight is 641 g/mol. The first-order chi connectivity index (χ1) is 24.8. The molecular formula is C46H28N2O2. The minimum atomic E-state index is 0.629. The maximum absolute atomic E-state index is 6.51. The summed E-state index contributed by atoms with van der Waals surface area (Å²) in [5.74, 6) is 0.629. The van der Waals surface area contributed by atoms with Gasteiger partial charge in [0.25, 0.3) is 0 Å². The smallest absolute Gasteiger partial charge is 0.160 e. The Labute approximate surface area is 287 Å². The molecule has 10 aromatic rings. The molecular weight excluding hydrogens is 613 g/mol. The van der Waals surface area contributed by atoms with Gasteiger partial charge in [0, 0.05) is 38.2 Å². The first-order valence-electron chi connectivity index (χ1n) is 16.7. The Balaban J connectivity index is 1.24. The van der Waals surface area contributed by atoms with Gasteiger partial charge in [0.1, 0.15) is 22.3 Å². The average Bonchev–Trinajstić information content (AvgIpc) is 3.76. The molecule has 0 aliphatic heterocycles. The summed E-state index contributed by atoms with van der Waals surface area (Å²) in [6.07, 6.45) is 0. The number of aromatic nitrogens is 2. The molecule has 0 unspecified atom stereocenters. The highest BCUT2D eigenvalue weighted by Gasteiger charge is 2.19. The van der Waals surface area contributed by atoms with Gasteiger partial charge in [0.15, 0.2) is 5.82 Å². The Bertz CT molecular complexity index is 2870. The topological polar surface area (TPSA) is 52.1 Å². The van der Waals surface area contributed by atoms with Gasteiger partial charge < -0.3 is 8.83 Å². The second kappa shape index (κ2) is 11.4. The fraction of sp³-hybridized carbons (Fsp3) is 0. The van der Waals surface area contributed by atoms with Gasteiger partial charge in [-0.25, -0.2) is 9.97 Å². The highest BCUT2D eigenvalue weighted by Crippen LogP contribution is 2.40. The van der Waals surface area contributed by atoms with Gasteiger partial charge >= 0.3 is 0 Å². The van der Waals surface area contributed by atoms with Crippen molar-refractivity contribution < 1.29 is 8.83 Å². The van der Waals surface area contributed by atoms with Crippen LogP contribution in [0.4, 0.5) is 0 Å². The first kappa shape index (κ1) is 28.3. The fourth-order valence-electron chi connectivity index (χ4n) is 7.10. The molecule has 3 aromatic heterocycles. The van der Waals surface area contributed by atoms with Gasteiger partial charge in [-0.15, -0.1) is 0 Å². The molecule has 0 amide bonds. The van der Waals surface area contributed by atoms with E-state index >= 15 is 0 Å². The van der Waals surface area contributed by atoms with Crippen molar-refractivity contribution in [1.82, 2.24) is 9.97 Å². The summed E-state index contributed by atoms with van der Waals surface area (Å²) < 4.78 is 12.7. The van der Waals surface area contributed by atoms with Crippen LogP contribution in [-0.4, -0.2) is 9.97 Å². The fourth-order valence-corrected chi connectivity index (χ4v) is 7.10. The van der Waals surface area contributed by atoms with E-state index in [1.807, 2.05) is 54.6 Å². The lowest BCUT2D eigenvalue weighted by Gasteiger charge is -2.15. The highest BCUT2D eigenvalue weighted by molar-refractivity contribution is 6.10. The quantitative estimate of drug-likeness (QED) is 0.188. The number of hydrogen-bond acceptors (Lipinski definition) is 4. The van der Waals surface area contributed by atoms with Crippen LogP contribution in [-0.2, 0) is 0 Å². The number of furan rings is 2. The highest BCUT2D eigenvalue weighted by atomic mass is 16.3. The molecule has 0 aliphatic carbocycles. The number of benzene rings is 7. The second-order valence-corrected chi connectivity index (χ2v) is 12.5. The minimum absolute atomic E-state index is 0.629. The summed E-state index contributed by atoms with van der Waals surface area (Å²) in [6, 6.07) is 58.5. The Hall–Kier alpha value is -6.78. The van der Waals surface area contributed by atoms with E-state index in [0.29, 0.717) is 5.82 Å². The third-order valence-electron chi connectivity index (χ3n) is 9.53. The number of hydrogen-bond donors (Lipinski definition) is 0. The van der Waals surface area contributed by atoms with Crippen LogP contribution in [0.2, 0.25) is 0 Å². The van der Waals surface area contributed by atoms with E-state index in [2.05, 4.69) is 115 Å². The van der Waals surface area contributed by atoms with Crippen LogP contribution in [0.25, 0.3) is 100 Å². The molecule has 0 spiro atoms. The van der Waals surface area contributed by atoms with Crippen molar-refractivity contribution in [3.63, 3.8) is 0 Å². The Kier molecular flexibility index (Phi) is 6.46. The Morgan fingerprint density at radius 1 is 0.320 bits per heavy atom. The SMILES string of the molecule is c1ccc(-c2ccc(-c3cc(-c4cccc5c4oc4ccccc45)nc(-c4ccc5oc6ccccc6c5c4)n3)c(-c3ccccc3)c2)cc1. The van der Waals surface area contributed by atoms with Crippen LogP contribution in [0.15, 0.2) is 179 Å². The van der Waals surface area contributed by atoms with Crippen molar-refractivity contribution in [2.45, 2.75) is 0 Å². The third-order valence-corrected chi connectivity index (χ3v) is 9.53. The largest absolute Gasteiger partial charge is 0.456 e. The predicted octanol–water partition coefficient (Wildman–Crippen LogP) is 12.6.